The molecule has 0 saturated heterocycles. The van der Waals surface area contributed by atoms with E-state index in [-0.39, 0.29) is 0 Å². The lowest BCUT2D eigenvalue weighted by atomic mass is 10.0. The third kappa shape index (κ3) is 2.08. The van der Waals surface area contributed by atoms with Gasteiger partial charge in [0, 0.05) is 42.0 Å². The number of nitrogens with one attached hydrogen (secondary N) is 1. The van der Waals surface area contributed by atoms with Crippen molar-refractivity contribution in [2.24, 2.45) is 5.92 Å². The van der Waals surface area contributed by atoms with Gasteiger partial charge in [-0.1, -0.05) is 13.8 Å². The van der Waals surface area contributed by atoms with Gasteiger partial charge in [-0.05, 0) is 37.1 Å². The van der Waals surface area contributed by atoms with Gasteiger partial charge in [0.25, 0.3) is 0 Å². The fourth-order valence-electron chi connectivity index (χ4n) is 3.69. The van der Waals surface area contributed by atoms with Crippen LogP contribution in [-0.2, 0) is 19.5 Å². The highest BCUT2D eigenvalue weighted by atomic mass is 32.1. The van der Waals surface area contributed by atoms with E-state index in [1.165, 1.54) is 23.7 Å². The number of likely N-dealkylation sites (N-methyl/N-ethyl adjacent to an activating group) is 1. The number of aromatic nitrogens is 1. The molecule has 21 heavy (non-hydrogen) atoms. The molecule has 0 amide bonds. The molecule has 4 heterocycles. The van der Waals surface area contributed by atoms with Crippen LogP contribution < -0.4 is 5.32 Å². The molecular weight excluding hydrogens is 278 g/mol. The zero-order chi connectivity index (χ0) is 14.6. The summed E-state index contributed by atoms with van der Waals surface area (Å²) in [6, 6.07) is 4.91. The van der Waals surface area contributed by atoms with Crippen LogP contribution in [-0.4, -0.2) is 23.1 Å². The van der Waals surface area contributed by atoms with Gasteiger partial charge in [-0.25, -0.2) is 0 Å². The molecule has 1 N–H and O–H groups in total. The maximum absolute atomic E-state index is 3.80. The monoisotopic (exact) mass is 301 g/mol. The second-order valence-corrected chi connectivity index (χ2v) is 7.76. The van der Waals surface area contributed by atoms with E-state index in [1.54, 1.807) is 16.0 Å². The van der Waals surface area contributed by atoms with Crippen molar-refractivity contribution in [2.75, 3.05) is 13.6 Å². The number of rotatable bonds is 1. The number of nitrogens with zero attached hydrogens (tertiary/aromatic N) is 2. The summed E-state index contributed by atoms with van der Waals surface area (Å²) in [6.07, 6.45) is 3.44. The molecule has 1 unspecified atom stereocenters. The van der Waals surface area contributed by atoms with Crippen molar-refractivity contribution in [3.8, 4) is 5.00 Å². The summed E-state index contributed by atoms with van der Waals surface area (Å²) in [5.41, 5.74) is 4.57. The first-order valence-corrected chi connectivity index (χ1v) is 8.69. The lowest BCUT2D eigenvalue weighted by Gasteiger charge is -2.24. The molecule has 0 aliphatic carbocycles. The van der Waals surface area contributed by atoms with Crippen LogP contribution in [0.25, 0.3) is 5.00 Å². The largest absolute Gasteiger partial charge is 0.311 e. The molecule has 2 aromatic heterocycles. The summed E-state index contributed by atoms with van der Waals surface area (Å²) in [5, 5.41) is 5.25. The highest BCUT2D eigenvalue weighted by Gasteiger charge is 2.29. The standard InChI is InChI=1S/C17H23N3S/c1-11(2)16-14-5-4-7-20(14)17-13(9-18-16)12-6-8-19(3)10-15(12)21-17/h4-5,7,11,16,18H,6,8-10H2,1-3H3. The maximum Gasteiger partial charge on any atom is 0.104 e. The Kier molecular flexibility index (Phi) is 3.21. The molecule has 0 bridgehead atoms. The van der Waals surface area contributed by atoms with Gasteiger partial charge in [0.05, 0.1) is 6.04 Å². The van der Waals surface area contributed by atoms with Crippen LogP contribution in [0.5, 0.6) is 0 Å². The molecule has 2 aromatic rings. The zero-order valence-electron chi connectivity index (χ0n) is 13.0. The third-order valence-corrected chi connectivity index (χ3v) is 6.08. The Labute approximate surface area is 130 Å². The first kappa shape index (κ1) is 13.6. The van der Waals surface area contributed by atoms with Gasteiger partial charge in [0.15, 0.2) is 0 Å². The first-order chi connectivity index (χ1) is 10.1. The Hall–Kier alpha value is -1.10. The van der Waals surface area contributed by atoms with Crippen LogP contribution in [0.2, 0.25) is 0 Å². The quantitative estimate of drug-likeness (QED) is 0.872. The Balaban J connectivity index is 1.86. The minimum absolute atomic E-state index is 0.446. The molecule has 0 aromatic carbocycles. The van der Waals surface area contributed by atoms with Crippen LogP contribution in [0, 0.1) is 5.92 Å². The summed E-state index contributed by atoms with van der Waals surface area (Å²) in [5.74, 6) is 0.606. The molecule has 2 aliphatic heterocycles. The van der Waals surface area contributed by atoms with Crippen LogP contribution in [0.1, 0.15) is 41.6 Å². The number of fused-ring (bicyclic) bond motifs is 5. The predicted molar refractivity (Wildman–Crippen MR) is 88.1 cm³/mol. The van der Waals surface area contributed by atoms with Crippen molar-refractivity contribution < 1.29 is 0 Å². The van der Waals surface area contributed by atoms with E-state index < -0.39 is 0 Å². The fraction of sp³-hybridized carbons (Fsp3) is 0.529. The van der Waals surface area contributed by atoms with Crippen molar-refractivity contribution in [2.45, 2.75) is 39.4 Å². The lowest BCUT2D eigenvalue weighted by Crippen LogP contribution is -2.27. The molecule has 112 valence electrons. The van der Waals surface area contributed by atoms with E-state index in [2.05, 4.69) is 54.0 Å². The van der Waals surface area contributed by atoms with Crippen LogP contribution in [0.4, 0.5) is 0 Å². The molecule has 1 atom stereocenters. The molecule has 0 radical (unpaired) electrons. The van der Waals surface area contributed by atoms with Gasteiger partial charge < -0.3 is 14.8 Å². The van der Waals surface area contributed by atoms with Gasteiger partial charge in [-0.15, -0.1) is 11.3 Å². The van der Waals surface area contributed by atoms with Crippen LogP contribution in [0.3, 0.4) is 0 Å². The Morgan fingerprint density at radius 2 is 2.19 bits per heavy atom. The van der Waals surface area contributed by atoms with Crippen LogP contribution in [0.15, 0.2) is 18.3 Å². The highest BCUT2D eigenvalue weighted by molar-refractivity contribution is 7.15. The fourth-order valence-corrected chi connectivity index (χ4v) is 5.14. The average molecular weight is 301 g/mol. The van der Waals surface area contributed by atoms with Crippen molar-refractivity contribution >= 4 is 11.3 Å². The van der Waals surface area contributed by atoms with Gasteiger partial charge in [-0.3, -0.25) is 0 Å². The normalized spacial score (nSPS) is 21.8. The maximum atomic E-state index is 3.80. The van der Waals surface area contributed by atoms with Crippen molar-refractivity contribution in [3.05, 3.63) is 40.0 Å². The second kappa shape index (κ2) is 4.97. The average Bonchev–Trinajstić information content (AvgIpc) is 3.00. The molecule has 4 heteroatoms. The van der Waals surface area contributed by atoms with E-state index in [1.807, 2.05) is 11.3 Å². The van der Waals surface area contributed by atoms with Gasteiger partial charge in [0.2, 0.25) is 0 Å². The summed E-state index contributed by atoms with van der Waals surface area (Å²) >= 11 is 2.00. The predicted octanol–water partition coefficient (Wildman–Crippen LogP) is 3.33. The van der Waals surface area contributed by atoms with Gasteiger partial charge >= 0.3 is 0 Å². The summed E-state index contributed by atoms with van der Waals surface area (Å²) in [4.78, 5) is 4.00. The Morgan fingerprint density at radius 3 is 3.00 bits per heavy atom. The number of thiophene rings is 1. The Bertz CT molecular complexity index is 668. The molecule has 2 aliphatic rings. The third-order valence-electron chi connectivity index (χ3n) is 4.82. The molecule has 0 fully saturated rings. The zero-order valence-corrected chi connectivity index (χ0v) is 13.8. The van der Waals surface area contributed by atoms with Crippen molar-refractivity contribution in [1.29, 1.82) is 0 Å². The van der Waals surface area contributed by atoms with Gasteiger partial charge in [0.1, 0.15) is 5.00 Å². The lowest BCUT2D eigenvalue weighted by molar-refractivity contribution is 0.316. The van der Waals surface area contributed by atoms with E-state index in [0.717, 1.165) is 13.1 Å². The smallest absolute Gasteiger partial charge is 0.104 e. The van der Waals surface area contributed by atoms with Gasteiger partial charge in [-0.2, -0.15) is 0 Å². The summed E-state index contributed by atoms with van der Waals surface area (Å²) < 4.78 is 2.43. The van der Waals surface area contributed by atoms with E-state index >= 15 is 0 Å². The van der Waals surface area contributed by atoms with Crippen LogP contribution >= 0.6 is 11.3 Å². The second-order valence-electron chi connectivity index (χ2n) is 6.68. The van der Waals surface area contributed by atoms with E-state index in [9.17, 15) is 0 Å². The molecule has 3 nitrogen and oxygen atoms in total. The molecule has 4 rings (SSSR count). The SMILES string of the molecule is CC(C)C1NCc2c(sc3c2CCN(C)C3)-n2cccc21. The first-order valence-electron chi connectivity index (χ1n) is 7.88. The highest BCUT2D eigenvalue weighted by Crippen LogP contribution is 2.39. The number of hydrogen-bond acceptors (Lipinski definition) is 3. The topological polar surface area (TPSA) is 20.2 Å². The van der Waals surface area contributed by atoms with E-state index in [4.69, 9.17) is 0 Å². The number of hydrogen-bond donors (Lipinski definition) is 1. The van der Waals surface area contributed by atoms with E-state index in [0.29, 0.717) is 12.0 Å². The van der Waals surface area contributed by atoms with Crippen molar-refractivity contribution in [3.63, 3.8) is 0 Å². The minimum atomic E-state index is 0.446. The molecule has 0 saturated carbocycles. The Morgan fingerprint density at radius 1 is 1.33 bits per heavy atom. The molecular formula is C17H23N3S. The summed E-state index contributed by atoms with van der Waals surface area (Å²) in [7, 11) is 2.22. The minimum Gasteiger partial charge on any atom is -0.311 e. The van der Waals surface area contributed by atoms with Crippen molar-refractivity contribution in [1.82, 2.24) is 14.8 Å². The molecule has 0 spiro atoms. The summed E-state index contributed by atoms with van der Waals surface area (Å²) in [6.45, 7) is 7.91.